The molecule has 1 rings (SSSR count). The van der Waals surface area contributed by atoms with Gasteiger partial charge in [0, 0.05) is 5.03 Å². The van der Waals surface area contributed by atoms with Gasteiger partial charge in [-0.1, -0.05) is 29.3 Å². The third-order valence-corrected chi connectivity index (χ3v) is 1.83. The maximum absolute atomic E-state index is 5.71. The summed E-state index contributed by atoms with van der Waals surface area (Å²) in [6.45, 7) is 0. The molecular formula is C6H8Cl2N2. The molecule has 1 aliphatic carbocycles. The van der Waals surface area contributed by atoms with Crippen LogP contribution in [0.4, 0.5) is 0 Å². The molecule has 0 fully saturated rings. The molecule has 0 aliphatic heterocycles. The molecule has 4 heteroatoms. The zero-order chi connectivity index (χ0) is 7.78. The lowest BCUT2D eigenvalue weighted by Crippen LogP contribution is -2.34. The van der Waals surface area contributed by atoms with Gasteiger partial charge in [0.15, 0.2) is 0 Å². The summed E-state index contributed by atoms with van der Waals surface area (Å²) in [5.74, 6) is 0. The van der Waals surface area contributed by atoms with Gasteiger partial charge >= 0.3 is 0 Å². The first kappa shape index (κ1) is 8.08. The highest BCUT2D eigenvalue weighted by Crippen LogP contribution is 2.22. The average Bonchev–Trinajstić information content (AvgIpc) is 1.79. The highest BCUT2D eigenvalue weighted by Gasteiger charge is 2.21. The summed E-state index contributed by atoms with van der Waals surface area (Å²) >= 11 is 11.4. The minimum absolute atomic E-state index is 0.253. The normalized spacial score (nSPS) is 39.6. The summed E-state index contributed by atoms with van der Waals surface area (Å²) in [5, 5.41) is 0.486. The molecule has 2 unspecified atom stereocenters. The third kappa shape index (κ3) is 1.73. The molecule has 0 aromatic carbocycles. The van der Waals surface area contributed by atoms with Gasteiger partial charge in [-0.2, -0.15) is 0 Å². The Balaban J connectivity index is 2.85. The highest BCUT2D eigenvalue weighted by atomic mass is 35.5. The first-order valence-corrected chi connectivity index (χ1v) is 3.58. The molecular weight excluding hydrogens is 171 g/mol. The van der Waals surface area contributed by atoms with E-state index >= 15 is 0 Å². The van der Waals surface area contributed by atoms with E-state index in [-0.39, 0.29) is 6.04 Å². The fraction of sp³-hybridized carbons (Fsp3) is 0.333. The van der Waals surface area contributed by atoms with Crippen LogP contribution in [0.15, 0.2) is 23.3 Å². The highest BCUT2D eigenvalue weighted by molar-refractivity contribution is 6.33. The van der Waals surface area contributed by atoms with Gasteiger partial charge in [-0.3, -0.25) is 0 Å². The van der Waals surface area contributed by atoms with Crippen LogP contribution >= 0.6 is 23.2 Å². The summed E-state index contributed by atoms with van der Waals surface area (Å²) in [6.07, 6.45) is 4.82. The Morgan fingerprint density at radius 3 is 2.60 bits per heavy atom. The fourth-order valence-corrected chi connectivity index (χ4v) is 1.20. The number of hydrogen-bond donors (Lipinski definition) is 2. The zero-order valence-electron chi connectivity index (χ0n) is 5.22. The van der Waals surface area contributed by atoms with Gasteiger partial charge in [0.05, 0.1) is 6.04 Å². The van der Waals surface area contributed by atoms with Crippen molar-refractivity contribution in [3.8, 4) is 0 Å². The largest absolute Gasteiger partial charge is 0.320 e. The Labute approximate surface area is 69.5 Å². The average molecular weight is 179 g/mol. The SMILES string of the molecule is NC1C=CC(N)(Cl)C=C1Cl. The molecule has 0 aromatic rings. The summed E-state index contributed by atoms with van der Waals surface area (Å²) in [6, 6.07) is -0.253. The van der Waals surface area contributed by atoms with Crippen LogP contribution in [-0.4, -0.2) is 11.0 Å². The number of nitrogens with two attached hydrogens (primary N) is 2. The molecule has 56 valence electrons. The monoisotopic (exact) mass is 178 g/mol. The summed E-state index contributed by atoms with van der Waals surface area (Å²) in [7, 11) is 0. The molecule has 10 heavy (non-hydrogen) atoms. The molecule has 0 saturated carbocycles. The van der Waals surface area contributed by atoms with Gasteiger partial charge < -0.3 is 11.5 Å². The van der Waals surface area contributed by atoms with Crippen LogP contribution in [0.5, 0.6) is 0 Å². The first-order valence-electron chi connectivity index (χ1n) is 2.82. The fourth-order valence-electron chi connectivity index (χ4n) is 0.699. The molecule has 1 aliphatic rings. The van der Waals surface area contributed by atoms with Gasteiger partial charge in [-0.05, 0) is 12.2 Å². The van der Waals surface area contributed by atoms with E-state index in [1.807, 2.05) is 0 Å². The maximum atomic E-state index is 5.71. The summed E-state index contributed by atoms with van der Waals surface area (Å²) in [4.78, 5) is -0.951. The van der Waals surface area contributed by atoms with Gasteiger partial charge in [0.1, 0.15) is 5.00 Å². The minimum Gasteiger partial charge on any atom is -0.320 e. The van der Waals surface area contributed by atoms with Crippen molar-refractivity contribution in [2.75, 3.05) is 0 Å². The van der Waals surface area contributed by atoms with E-state index in [2.05, 4.69) is 0 Å². The van der Waals surface area contributed by atoms with Crippen LogP contribution in [0, 0.1) is 0 Å². The van der Waals surface area contributed by atoms with Crippen molar-refractivity contribution in [3.05, 3.63) is 23.3 Å². The molecule has 0 amide bonds. The Morgan fingerprint density at radius 2 is 2.20 bits per heavy atom. The zero-order valence-corrected chi connectivity index (χ0v) is 6.73. The quantitative estimate of drug-likeness (QED) is 0.329. The topological polar surface area (TPSA) is 52.0 Å². The van der Waals surface area contributed by atoms with Crippen molar-refractivity contribution in [1.29, 1.82) is 0 Å². The number of halogens is 2. The van der Waals surface area contributed by atoms with Crippen LogP contribution in [0.2, 0.25) is 0 Å². The van der Waals surface area contributed by atoms with E-state index in [9.17, 15) is 0 Å². The lowest BCUT2D eigenvalue weighted by atomic mass is 10.1. The lowest BCUT2D eigenvalue weighted by Gasteiger charge is -2.20. The Hall–Kier alpha value is -0.0200. The molecule has 4 N–H and O–H groups in total. The van der Waals surface area contributed by atoms with Gasteiger partial charge in [0.2, 0.25) is 0 Å². The lowest BCUT2D eigenvalue weighted by molar-refractivity contribution is 0.854. The smallest absolute Gasteiger partial charge is 0.130 e. The summed E-state index contributed by atoms with van der Waals surface area (Å²) in [5.41, 5.74) is 11.0. The van der Waals surface area contributed by atoms with E-state index in [1.54, 1.807) is 12.2 Å². The van der Waals surface area contributed by atoms with Gasteiger partial charge in [-0.15, -0.1) is 0 Å². The van der Waals surface area contributed by atoms with Crippen LogP contribution in [0.1, 0.15) is 0 Å². The molecule has 0 saturated heterocycles. The minimum atomic E-state index is -0.951. The predicted octanol–water partition coefficient (Wildman–Crippen LogP) is 0.900. The molecule has 2 atom stereocenters. The van der Waals surface area contributed by atoms with Crippen molar-refractivity contribution in [1.82, 2.24) is 0 Å². The van der Waals surface area contributed by atoms with Crippen molar-refractivity contribution in [3.63, 3.8) is 0 Å². The Morgan fingerprint density at radius 1 is 1.60 bits per heavy atom. The molecule has 0 heterocycles. The van der Waals surface area contributed by atoms with E-state index in [4.69, 9.17) is 34.7 Å². The Kier molecular flexibility index (Phi) is 2.06. The van der Waals surface area contributed by atoms with Crippen LogP contribution in [0.25, 0.3) is 0 Å². The van der Waals surface area contributed by atoms with E-state index in [0.717, 1.165) is 0 Å². The van der Waals surface area contributed by atoms with Gasteiger partial charge in [0.25, 0.3) is 0 Å². The molecule has 0 spiro atoms. The second kappa shape index (κ2) is 2.55. The molecule has 0 radical (unpaired) electrons. The van der Waals surface area contributed by atoms with Crippen molar-refractivity contribution >= 4 is 23.2 Å². The predicted molar refractivity (Wildman–Crippen MR) is 43.8 cm³/mol. The number of hydrogen-bond acceptors (Lipinski definition) is 2. The van der Waals surface area contributed by atoms with E-state index in [0.29, 0.717) is 5.03 Å². The van der Waals surface area contributed by atoms with Crippen molar-refractivity contribution in [2.45, 2.75) is 11.0 Å². The van der Waals surface area contributed by atoms with Crippen LogP contribution in [-0.2, 0) is 0 Å². The van der Waals surface area contributed by atoms with E-state index < -0.39 is 5.00 Å². The summed E-state index contributed by atoms with van der Waals surface area (Å²) < 4.78 is 0. The van der Waals surface area contributed by atoms with Crippen molar-refractivity contribution < 1.29 is 0 Å². The molecule has 2 nitrogen and oxygen atoms in total. The van der Waals surface area contributed by atoms with Crippen LogP contribution < -0.4 is 11.5 Å². The van der Waals surface area contributed by atoms with Crippen molar-refractivity contribution in [2.24, 2.45) is 11.5 Å². The standard InChI is InChI=1S/C6H8Cl2N2/c7-4-3-6(8,10)2-1-5(4)9/h1-3,5H,9-10H2. The molecule has 0 bridgehead atoms. The number of rotatable bonds is 0. The number of alkyl halides is 1. The van der Waals surface area contributed by atoms with E-state index in [1.165, 1.54) is 6.08 Å². The maximum Gasteiger partial charge on any atom is 0.130 e. The van der Waals surface area contributed by atoms with Gasteiger partial charge in [-0.25, -0.2) is 0 Å². The third-order valence-electron chi connectivity index (χ3n) is 1.24. The van der Waals surface area contributed by atoms with Crippen LogP contribution in [0.3, 0.4) is 0 Å². The second-order valence-corrected chi connectivity index (χ2v) is 3.33. The second-order valence-electron chi connectivity index (χ2n) is 2.24. The Bertz CT molecular complexity index is 196. The molecule has 0 aromatic heterocycles. The first-order chi connectivity index (χ1) is 4.51.